The lowest BCUT2D eigenvalue weighted by Crippen LogP contribution is -1.77. The van der Waals surface area contributed by atoms with Crippen LogP contribution in [0.15, 0.2) is 40.0 Å². The van der Waals surface area contributed by atoms with Gasteiger partial charge < -0.3 is 4.42 Å². The summed E-state index contributed by atoms with van der Waals surface area (Å²) >= 11 is 1.56. The molecule has 2 nitrogen and oxygen atoms in total. The molecule has 1 aromatic carbocycles. The maximum absolute atomic E-state index is 5.53. The SMILES string of the molecule is CSc1cnc(-c2cccc(C)c2)o1. The second-order valence-electron chi connectivity index (χ2n) is 3.06. The predicted octanol–water partition coefficient (Wildman–Crippen LogP) is 3.37. The van der Waals surface area contributed by atoms with Crippen molar-refractivity contribution in [1.82, 2.24) is 4.98 Å². The highest BCUT2D eigenvalue weighted by Gasteiger charge is 2.05. The zero-order valence-corrected chi connectivity index (χ0v) is 8.97. The molecule has 3 heteroatoms. The molecule has 0 bridgehead atoms. The van der Waals surface area contributed by atoms with E-state index in [1.807, 2.05) is 18.4 Å². The summed E-state index contributed by atoms with van der Waals surface area (Å²) < 4.78 is 5.53. The summed E-state index contributed by atoms with van der Waals surface area (Å²) in [6.07, 6.45) is 3.73. The van der Waals surface area contributed by atoms with Crippen LogP contribution in [0.25, 0.3) is 11.5 Å². The van der Waals surface area contributed by atoms with Crippen LogP contribution in [0.3, 0.4) is 0 Å². The fourth-order valence-corrected chi connectivity index (χ4v) is 1.59. The van der Waals surface area contributed by atoms with E-state index in [0.717, 1.165) is 10.7 Å². The van der Waals surface area contributed by atoms with Gasteiger partial charge in [-0.15, -0.1) is 0 Å². The molecule has 14 heavy (non-hydrogen) atoms. The van der Waals surface area contributed by atoms with E-state index >= 15 is 0 Å². The first kappa shape index (κ1) is 9.34. The summed E-state index contributed by atoms with van der Waals surface area (Å²) in [7, 11) is 0. The Labute approximate surface area is 87.4 Å². The van der Waals surface area contributed by atoms with E-state index in [4.69, 9.17) is 4.42 Å². The van der Waals surface area contributed by atoms with Crippen LogP contribution in [-0.2, 0) is 0 Å². The summed E-state index contributed by atoms with van der Waals surface area (Å²) in [4.78, 5) is 4.21. The number of oxazole rings is 1. The molecule has 1 aromatic heterocycles. The molecule has 1 heterocycles. The van der Waals surface area contributed by atoms with Crippen molar-refractivity contribution in [3.8, 4) is 11.5 Å². The molecule has 0 aliphatic carbocycles. The van der Waals surface area contributed by atoms with Crippen LogP contribution in [0.4, 0.5) is 0 Å². The Morgan fingerprint density at radius 3 is 2.86 bits per heavy atom. The molecule has 0 saturated heterocycles. The van der Waals surface area contributed by atoms with E-state index < -0.39 is 0 Å². The maximum Gasteiger partial charge on any atom is 0.227 e. The minimum absolute atomic E-state index is 0.693. The lowest BCUT2D eigenvalue weighted by Gasteiger charge is -1.96. The highest BCUT2D eigenvalue weighted by molar-refractivity contribution is 7.98. The van der Waals surface area contributed by atoms with Crippen molar-refractivity contribution in [1.29, 1.82) is 0 Å². The Kier molecular flexibility index (Phi) is 2.59. The fraction of sp³-hybridized carbons (Fsp3) is 0.182. The van der Waals surface area contributed by atoms with Crippen LogP contribution >= 0.6 is 11.8 Å². The normalized spacial score (nSPS) is 10.4. The summed E-state index contributed by atoms with van der Waals surface area (Å²) in [5, 5.41) is 0.849. The van der Waals surface area contributed by atoms with Crippen molar-refractivity contribution in [3.63, 3.8) is 0 Å². The van der Waals surface area contributed by atoms with Gasteiger partial charge >= 0.3 is 0 Å². The predicted molar refractivity (Wildman–Crippen MR) is 58.5 cm³/mol. The van der Waals surface area contributed by atoms with Gasteiger partial charge in [-0.05, 0) is 25.3 Å². The van der Waals surface area contributed by atoms with Gasteiger partial charge in [0, 0.05) is 5.56 Å². The summed E-state index contributed by atoms with van der Waals surface area (Å²) in [5.74, 6) is 0.693. The molecular formula is C11H11NOS. The zero-order valence-electron chi connectivity index (χ0n) is 8.15. The molecule has 72 valence electrons. The Hall–Kier alpha value is -1.22. The second-order valence-corrected chi connectivity index (χ2v) is 3.87. The number of aromatic nitrogens is 1. The van der Waals surface area contributed by atoms with E-state index in [9.17, 15) is 0 Å². The van der Waals surface area contributed by atoms with Gasteiger partial charge in [0.15, 0.2) is 5.09 Å². The molecular weight excluding hydrogens is 194 g/mol. The minimum atomic E-state index is 0.693. The molecule has 0 atom stereocenters. The lowest BCUT2D eigenvalue weighted by molar-refractivity contribution is 0.485. The second kappa shape index (κ2) is 3.88. The standard InChI is InChI=1S/C11H11NOS/c1-8-4-3-5-9(6-8)11-12-7-10(13-11)14-2/h3-7H,1-2H3. The average molecular weight is 205 g/mol. The van der Waals surface area contributed by atoms with Crippen LogP contribution in [0, 0.1) is 6.92 Å². The number of hydrogen-bond acceptors (Lipinski definition) is 3. The molecule has 0 radical (unpaired) electrons. The Balaban J connectivity index is 2.39. The van der Waals surface area contributed by atoms with E-state index in [0.29, 0.717) is 5.89 Å². The molecule has 0 spiro atoms. The third-order valence-corrected chi connectivity index (χ3v) is 2.54. The monoisotopic (exact) mass is 205 g/mol. The molecule has 0 amide bonds. The lowest BCUT2D eigenvalue weighted by atomic mass is 10.1. The van der Waals surface area contributed by atoms with Crippen LogP contribution < -0.4 is 0 Å². The van der Waals surface area contributed by atoms with E-state index in [1.54, 1.807) is 18.0 Å². The highest BCUT2D eigenvalue weighted by atomic mass is 32.2. The Morgan fingerprint density at radius 2 is 2.21 bits per heavy atom. The largest absolute Gasteiger partial charge is 0.430 e. The third kappa shape index (κ3) is 1.82. The van der Waals surface area contributed by atoms with Crippen LogP contribution in [0.2, 0.25) is 0 Å². The fourth-order valence-electron chi connectivity index (χ4n) is 1.27. The van der Waals surface area contributed by atoms with Crippen LogP contribution in [0.5, 0.6) is 0 Å². The summed E-state index contributed by atoms with van der Waals surface area (Å²) in [5.41, 5.74) is 2.25. The number of thioether (sulfide) groups is 1. The Morgan fingerprint density at radius 1 is 1.36 bits per heavy atom. The molecule has 0 aliphatic rings. The molecule has 0 N–H and O–H groups in total. The van der Waals surface area contributed by atoms with Crippen molar-refractivity contribution >= 4 is 11.8 Å². The Bertz CT molecular complexity index is 436. The third-order valence-electron chi connectivity index (χ3n) is 1.95. The van der Waals surface area contributed by atoms with Crippen molar-refractivity contribution < 1.29 is 4.42 Å². The molecule has 0 fully saturated rings. The molecule has 2 rings (SSSR count). The van der Waals surface area contributed by atoms with Gasteiger partial charge in [0.05, 0.1) is 6.20 Å². The van der Waals surface area contributed by atoms with Crippen molar-refractivity contribution in [2.45, 2.75) is 12.0 Å². The van der Waals surface area contributed by atoms with Gasteiger partial charge in [-0.2, -0.15) is 0 Å². The first-order valence-corrected chi connectivity index (χ1v) is 5.59. The molecule has 0 saturated carbocycles. The van der Waals surface area contributed by atoms with E-state index in [1.165, 1.54) is 5.56 Å². The van der Waals surface area contributed by atoms with Crippen molar-refractivity contribution in [3.05, 3.63) is 36.0 Å². The van der Waals surface area contributed by atoms with Gasteiger partial charge in [0.2, 0.25) is 5.89 Å². The van der Waals surface area contributed by atoms with Gasteiger partial charge in [-0.1, -0.05) is 29.5 Å². The van der Waals surface area contributed by atoms with Gasteiger partial charge in [-0.3, -0.25) is 0 Å². The quantitative estimate of drug-likeness (QED) is 0.703. The average Bonchev–Trinajstić information content (AvgIpc) is 2.66. The highest BCUT2D eigenvalue weighted by Crippen LogP contribution is 2.23. The smallest absolute Gasteiger partial charge is 0.227 e. The topological polar surface area (TPSA) is 26.0 Å². The van der Waals surface area contributed by atoms with Gasteiger partial charge in [0.1, 0.15) is 0 Å². The van der Waals surface area contributed by atoms with Gasteiger partial charge in [-0.25, -0.2) is 4.98 Å². The number of nitrogens with zero attached hydrogens (tertiary/aromatic N) is 1. The minimum Gasteiger partial charge on any atom is -0.430 e. The van der Waals surface area contributed by atoms with Crippen molar-refractivity contribution in [2.24, 2.45) is 0 Å². The summed E-state index contributed by atoms with van der Waals surface area (Å²) in [6, 6.07) is 8.13. The van der Waals surface area contributed by atoms with E-state index in [2.05, 4.69) is 24.0 Å². The van der Waals surface area contributed by atoms with Crippen LogP contribution in [-0.4, -0.2) is 11.2 Å². The first-order chi connectivity index (χ1) is 6.79. The van der Waals surface area contributed by atoms with Crippen molar-refractivity contribution in [2.75, 3.05) is 6.26 Å². The molecule has 0 aliphatic heterocycles. The zero-order chi connectivity index (χ0) is 9.97. The first-order valence-electron chi connectivity index (χ1n) is 4.36. The summed E-state index contributed by atoms with van der Waals surface area (Å²) in [6.45, 7) is 2.06. The van der Waals surface area contributed by atoms with E-state index in [-0.39, 0.29) is 0 Å². The number of rotatable bonds is 2. The number of hydrogen-bond donors (Lipinski definition) is 0. The molecule has 2 aromatic rings. The van der Waals surface area contributed by atoms with Gasteiger partial charge in [0.25, 0.3) is 0 Å². The molecule has 0 unspecified atom stereocenters. The maximum atomic E-state index is 5.53. The number of benzene rings is 1. The number of aryl methyl sites for hydroxylation is 1. The van der Waals surface area contributed by atoms with Crippen LogP contribution in [0.1, 0.15) is 5.56 Å².